The van der Waals surface area contributed by atoms with Crippen molar-refractivity contribution >= 4 is 5.57 Å². The molecule has 1 rings (SSSR count). The molecule has 0 heterocycles. The second kappa shape index (κ2) is 5.70. The summed E-state index contributed by atoms with van der Waals surface area (Å²) in [5, 5.41) is 0. The molecule has 0 saturated carbocycles. The summed E-state index contributed by atoms with van der Waals surface area (Å²) in [6.07, 6.45) is -2.43. The fourth-order valence-electron chi connectivity index (χ4n) is 1.36. The highest BCUT2D eigenvalue weighted by atomic mass is 19.4. The van der Waals surface area contributed by atoms with Gasteiger partial charge in [-0.3, -0.25) is 4.74 Å². The van der Waals surface area contributed by atoms with Crippen molar-refractivity contribution < 1.29 is 17.9 Å². The van der Waals surface area contributed by atoms with Crippen LogP contribution in [0.1, 0.15) is 18.9 Å². The topological polar surface area (TPSA) is 9.23 Å². The summed E-state index contributed by atoms with van der Waals surface area (Å²) in [7, 11) is 0. The van der Waals surface area contributed by atoms with Crippen LogP contribution in [0.15, 0.2) is 36.4 Å². The van der Waals surface area contributed by atoms with E-state index in [-0.39, 0.29) is 0 Å². The summed E-state index contributed by atoms with van der Waals surface area (Å²) < 4.78 is 39.0. The van der Waals surface area contributed by atoms with Crippen LogP contribution >= 0.6 is 0 Å². The predicted octanol–water partition coefficient (Wildman–Crippen LogP) is 4.02. The van der Waals surface area contributed by atoms with Crippen molar-refractivity contribution in [2.24, 2.45) is 0 Å². The lowest BCUT2D eigenvalue weighted by Crippen LogP contribution is -2.13. The highest BCUT2D eigenvalue weighted by molar-refractivity contribution is 5.65. The lowest BCUT2D eigenvalue weighted by Gasteiger charge is -2.07. The molecule has 0 bridgehead atoms. The molecule has 0 aliphatic heterocycles. The Bertz CT molecular complexity index is 341. The van der Waals surface area contributed by atoms with E-state index in [0.717, 1.165) is 11.1 Å². The van der Waals surface area contributed by atoms with E-state index in [1.165, 1.54) is 6.08 Å². The Kier molecular flexibility index (Phi) is 4.55. The molecular weight excluding hydrogens is 217 g/mol. The van der Waals surface area contributed by atoms with Crippen molar-refractivity contribution in [1.29, 1.82) is 0 Å². The van der Waals surface area contributed by atoms with E-state index in [1.54, 1.807) is 0 Å². The highest BCUT2D eigenvalue weighted by Crippen LogP contribution is 2.20. The van der Waals surface area contributed by atoms with E-state index in [1.807, 2.05) is 37.3 Å². The maximum absolute atomic E-state index is 11.8. The van der Waals surface area contributed by atoms with Crippen molar-refractivity contribution in [3.63, 3.8) is 0 Å². The van der Waals surface area contributed by atoms with Gasteiger partial charge in [0.15, 0.2) is 0 Å². The maximum atomic E-state index is 11.8. The standard InChI is InChI=1S/C12H13F3O/c1-2-10(8-9-16-12(13,14)15)11-6-4-3-5-7-11/h3-8H,2,9H2,1H3/b10-8+. The lowest BCUT2D eigenvalue weighted by molar-refractivity contribution is -0.319. The van der Waals surface area contributed by atoms with Crippen molar-refractivity contribution in [1.82, 2.24) is 0 Å². The van der Waals surface area contributed by atoms with Gasteiger partial charge in [0.1, 0.15) is 0 Å². The van der Waals surface area contributed by atoms with Gasteiger partial charge in [-0.15, -0.1) is 13.2 Å². The van der Waals surface area contributed by atoms with Crippen molar-refractivity contribution in [3.8, 4) is 0 Å². The summed E-state index contributed by atoms with van der Waals surface area (Å²) in [5.41, 5.74) is 1.78. The van der Waals surface area contributed by atoms with Gasteiger partial charge in [0.05, 0.1) is 6.61 Å². The molecule has 0 aliphatic rings. The van der Waals surface area contributed by atoms with E-state index in [9.17, 15) is 13.2 Å². The van der Waals surface area contributed by atoms with E-state index >= 15 is 0 Å². The normalized spacial score (nSPS) is 12.9. The lowest BCUT2D eigenvalue weighted by atomic mass is 10.0. The molecule has 0 unspecified atom stereocenters. The number of allylic oxidation sites excluding steroid dienone is 1. The Morgan fingerprint density at radius 3 is 2.38 bits per heavy atom. The van der Waals surface area contributed by atoms with Gasteiger partial charge in [-0.25, -0.2) is 0 Å². The van der Waals surface area contributed by atoms with Gasteiger partial charge in [-0.2, -0.15) is 0 Å². The molecule has 0 aliphatic carbocycles. The van der Waals surface area contributed by atoms with Crippen molar-refractivity contribution in [2.75, 3.05) is 6.61 Å². The van der Waals surface area contributed by atoms with Crippen LogP contribution in [0.5, 0.6) is 0 Å². The van der Waals surface area contributed by atoms with Gasteiger partial charge in [-0.1, -0.05) is 43.3 Å². The third kappa shape index (κ3) is 4.49. The highest BCUT2D eigenvalue weighted by Gasteiger charge is 2.28. The molecule has 0 aromatic heterocycles. The summed E-state index contributed by atoms with van der Waals surface area (Å²) >= 11 is 0. The first-order valence-corrected chi connectivity index (χ1v) is 4.98. The molecule has 0 atom stereocenters. The minimum Gasteiger partial charge on any atom is -0.288 e. The summed E-state index contributed by atoms with van der Waals surface area (Å²) in [6.45, 7) is 1.45. The summed E-state index contributed by atoms with van der Waals surface area (Å²) in [4.78, 5) is 0. The second-order valence-electron chi connectivity index (χ2n) is 3.21. The average molecular weight is 230 g/mol. The largest absolute Gasteiger partial charge is 0.522 e. The first-order chi connectivity index (χ1) is 7.53. The van der Waals surface area contributed by atoms with Gasteiger partial charge in [0, 0.05) is 0 Å². The Labute approximate surface area is 92.5 Å². The third-order valence-electron chi connectivity index (χ3n) is 2.10. The Balaban J connectivity index is 2.65. The first kappa shape index (κ1) is 12.8. The van der Waals surface area contributed by atoms with Crippen LogP contribution in [0.3, 0.4) is 0 Å². The zero-order valence-corrected chi connectivity index (χ0v) is 8.92. The van der Waals surface area contributed by atoms with E-state index in [4.69, 9.17) is 0 Å². The Hall–Kier alpha value is -1.29. The molecule has 0 spiro atoms. The van der Waals surface area contributed by atoms with Crippen LogP contribution in [-0.4, -0.2) is 13.0 Å². The van der Waals surface area contributed by atoms with Gasteiger partial charge < -0.3 is 0 Å². The molecule has 0 saturated heterocycles. The molecule has 0 radical (unpaired) electrons. The van der Waals surface area contributed by atoms with Gasteiger partial charge in [0.2, 0.25) is 0 Å². The monoisotopic (exact) mass is 230 g/mol. The number of benzene rings is 1. The number of halogens is 3. The van der Waals surface area contributed by atoms with Gasteiger partial charge >= 0.3 is 6.36 Å². The smallest absolute Gasteiger partial charge is 0.288 e. The number of rotatable bonds is 4. The van der Waals surface area contributed by atoms with Crippen LogP contribution in [0.4, 0.5) is 13.2 Å². The molecule has 4 heteroatoms. The third-order valence-corrected chi connectivity index (χ3v) is 2.10. The molecule has 0 fully saturated rings. The van der Waals surface area contributed by atoms with Crippen molar-refractivity contribution in [2.45, 2.75) is 19.7 Å². The molecule has 16 heavy (non-hydrogen) atoms. The van der Waals surface area contributed by atoms with Crippen LogP contribution in [0, 0.1) is 0 Å². The second-order valence-corrected chi connectivity index (χ2v) is 3.21. The number of ether oxygens (including phenoxy) is 1. The first-order valence-electron chi connectivity index (χ1n) is 4.98. The number of hydrogen-bond donors (Lipinski definition) is 0. The Morgan fingerprint density at radius 2 is 1.88 bits per heavy atom. The van der Waals surface area contributed by atoms with Crippen LogP contribution in [0.25, 0.3) is 5.57 Å². The zero-order chi connectivity index (χ0) is 12.0. The van der Waals surface area contributed by atoms with Crippen LogP contribution in [-0.2, 0) is 4.74 Å². The SMILES string of the molecule is CC/C(=C\COC(F)(F)F)c1ccccc1. The number of alkyl halides is 3. The van der Waals surface area contributed by atoms with Gasteiger partial charge in [0.25, 0.3) is 0 Å². The zero-order valence-electron chi connectivity index (χ0n) is 8.92. The molecule has 1 aromatic carbocycles. The van der Waals surface area contributed by atoms with E-state index < -0.39 is 13.0 Å². The Morgan fingerprint density at radius 1 is 1.25 bits per heavy atom. The molecular formula is C12H13F3O. The van der Waals surface area contributed by atoms with Crippen molar-refractivity contribution in [3.05, 3.63) is 42.0 Å². The van der Waals surface area contributed by atoms with E-state index in [2.05, 4.69) is 4.74 Å². The van der Waals surface area contributed by atoms with Crippen LogP contribution in [0.2, 0.25) is 0 Å². The molecule has 0 amide bonds. The van der Waals surface area contributed by atoms with Crippen LogP contribution < -0.4 is 0 Å². The molecule has 1 nitrogen and oxygen atoms in total. The maximum Gasteiger partial charge on any atom is 0.522 e. The minimum absolute atomic E-state index is 0.443. The molecule has 1 aromatic rings. The van der Waals surface area contributed by atoms with Gasteiger partial charge in [-0.05, 0) is 17.6 Å². The fraction of sp³-hybridized carbons (Fsp3) is 0.333. The average Bonchev–Trinajstić information content (AvgIpc) is 2.24. The molecule has 0 N–H and O–H groups in total. The fourth-order valence-corrected chi connectivity index (χ4v) is 1.36. The summed E-state index contributed by atoms with van der Waals surface area (Å²) in [6, 6.07) is 9.29. The molecule has 88 valence electrons. The minimum atomic E-state index is -4.56. The predicted molar refractivity (Wildman–Crippen MR) is 56.7 cm³/mol. The number of hydrogen-bond acceptors (Lipinski definition) is 1. The quantitative estimate of drug-likeness (QED) is 0.759. The summed E-state index contributed by atoms with van der Waals surface area (Å²) in [5.74, 6) is 0. The van der Waals surface area contributed by atoms with E-state index in [0.29, 0.717) is 6.42 Å².